The van der Waals surface area contributed by atoms with Gasteiger partial charge in [0, 0.05) is 16.1 Å². The molecule has 5 nitrogen and oxygen atoms in total. The van der Waals surface area contributed by atoms with E-state index >= 15 is 0 Å². The Hall–Kier alpha value is -1.72. The normalized spacial score (nSPS) is 12.9. The highest BCUT2D eigenvalue weighted by Crippen LogP contribution is 2.25. The molecule has 1 aromatic rings. The zero-order valence-electron chi connectivity index (χ0n) is 13.1. The number of amides is 1. The standard InChI is InChI=1S/C16H19Cl2NO4/c1-4-13(23-12-8-10(17)7-11(18)9-12)15(22)19-16(2,3)6-5-14(20)21/h5-9,13H,4H2,1-3H3,(H,19,22)(H,20,21)/b6-5+. The third-order valence-electron chi connectivity index (χ3n) is 2.87. The summed E-state index contributed by atoms with van der Waals surface area (Å²) < 4.78 is 5.64. The van der Waals surface area contributed by atoms with E-state index in [1.807, 2.05) is 0 Å². The number of hydrogen-bond acceptors (Lipinski definition) is 3. The Morgan fingerprint density at radius 1 is 1.30 bits per heavy atom. The average Bonchev–Trinajstić information content (AvgIpc) is 2.41. The van der Waals surface area contributed by atoms with Crippen molar-refractivity contribution < 1.29 is 19.4 Å². The largest absolute Gasteiger partial charge is 0.481 e. The van der Waals surface area contributed by atoms with Crippen LogP contribution in [-0.4, -0.2) is 28.6 Å². The fourth-order valence-corrected chi connectivity index (χ4v) is 2.31. The molecule has 23 heavy (non-hydrogen) atoms. The maximum Gasteiger partial charge on any atom is 0.328 e. The number of ether oxygens (including phenoxy) is 1. The van der Waals surface area contributed by atoms with E-state index in [0.29, 0.717) is 22.2 Å². The summed E-state index contributed by atoms with van der Waals surface area (Å²) in [4.78, 5) is 22.9. The first-order valence-electron chi connectivity index (χ1n) is 7.00. The van der Waals surface area contributed by atoms with Crippen LogP contribution >= 0.6 is 23.2 Å². The molecule has 0 fully saturated rings. The molecule has 0 heterocycles. The van der Waals surface area contributed by atoms with Gasteiger partial charge in [-0.25, -0.2) is 4.79 Å². The lowest BCUT2D eigenvalue weighted by Crippen LogP contribution is -2.48. The van der Waals surface area contributed by atoms with E-state index in [4.69, 9.17) is 33.0 Å². The number of benzene rings is 1. The van der Waals surface area contributed by atoms with E-state index in [2.05, 4.69) is 5.32 Å². The second-order valence-electron chi connectivity index (χ2n) is 5.50. The molecule has 1 aromatic carbocycles. The van der Waals surface area contributed by atoms with Gasteiger partial charge >= 0.3 is 5.97 Å². The van der Waals surface area contributed by atoms with Crippen LogP contribution in [0.25, 0.3) is 0 Å². The smallest absolute Gasteiger partial charge is 0.328 e. The molecule has 0 aliphatic heterocycles. The van der Waals surface area contributed by atoms with Gasteiger partial charge < -0.3 is 15.2 Å². The number of aliphatic carboxylic acids is 1. The topological polar surface area (TPSA) is 75.6 Å². The summed E-state index contributed by atoms with van der Waals surface area (Å²) >= 11 is 11.8. The third kappa shape index (κ3) is 6.93. The van der Waals surface area contributed by atoms with Crippen LogP contribution in [0, 0.1) is 0 Å². The van der Waals surface area contributed by atoms with Crippen molar-refractivity contribution in [2.75, 3.05) is 0 Å². The van der Waals surface area contributed by atoms with Crippen LogP contribution in [0.5, 0.6) is 5.75 Å². The van der Waals surface area contributed by atoms with E-state index in [1.165, 1.54) is 6.08 Å². The molecule has 1 amide bonds. The molecule has 0 spiro atoms. The maximum absolute atomic E-state index is 12.3. The second kappa shape index (κ2) is 8.22. The molecule has 7 heteroatoms. The van der Waals surface area contributed by atoms with Crippen molar-refractivity contribution >= 4 is 35.1 Å². The van der Waals surface area contributed by atoms with Gasteiger partial charge in [-0.1, -0.05) is 36.2 Å². The molecule has 126 valence electrons. The van der Waals surface area contributed by atoms with Gasteiger partial charge in [0.25, 0.3) is 5.91 Å². The highest BCUT2D eigenvalue weighted by Gasteiger charge is 2.24. The van der Waals surface area contributed by atoms with E-state index in [-0.39, 0.29) is 5.91 Å². The Morgan fingerprint density at radius 3 is 2.35 bits per heavy atom. The van der Waals surface area contributed by atoms with Gasteiger partial charge in [-0.05, 0) is 38.5 Å². The van der Waals surface area contributed by atoms with E-state index in [1.54, 1.807) is 39.0 Å². The van der Waals surface area contributed by atoms with Gasteiger partial charge in [0.1, 0.15) is 5.75 Å². The molecule has 1 rings (SSSR count). The number of nitrogens with one attached hydrogen (secondary N) is 1. The second-order valence-corrected chi connectivity index (χ2v) is 6.38. The Bertz CT molecular complexity index is 594. The number of hydrogen-bond donors (Lipinski definition) is 2. The van der Waals surface area contributed by atoms with Gasteiger partial charge in [0.15, 0.2) is 6.10 Å². The minimum absolute atomic E-state index is 0.358. The fourth-order valence-electron chi connectivity index (χ4n) is 1.80. The third-order valence-corrected chi connectivity index (χ3v) is 3.30. The van der Waals surface area contributed by atoms with Crippen molar-refractivity contribution in [2.24, 2.45) is 0 Å². The Labute approximate surface area is 145 Å². The summed E-state index contributed by atoms with van der Waals surface area (Å²) in [6.45, 7) is 5.18. The Balaban J connectivity index is 2.80. The molecule has 0 aromatic heterocycles. The SMILES string of the molecule is CCC(Oc1cc(Cl)cc(Cl)c1)C(=O)NC(C)(C)/C=C/C(=O)O. The highest BCUT2D eigenvalue weighted by molar-refractivity contribution is 6.34. The van der Waals surface area contributed by atoms with Crippen molar-refractivity contribution in [3.63, 3.8) is 0 Å². The molecule has 0 saturated carbocycles. The average molecular weight is 360 g/mol. The predicted molar refractivity (Wildman–Crippen MR) is 90.2 cm³/mol. The number of halogens is 2. The van der Waals surface area contributed by atoms with Crippen LogP contribution < -0.4 is 10.1 Å². The van der Waals surface area contributed by atoms with Crippen LogP contribution in [0.15, 0.2) is 30.4 Å². The van der Waals surface area contributed by atoms with Crippen molar-refractivity contribution in [3.8, 4) is 5.75 Å². The monoisotopic (exact) mass is 359 g/mol. The summed E-state index contributed by atoms with van der Waals surface area (Å²) in [5, 5.41) is 12.2. The maximum atomic E-state index is 12.3. The lowest BCUT2D eigenvalue weighted by atomic mass is 10.0. The first-order chi connectivity index (χ1) is 10.6. The summed E-state index contributed by atoms with van der Waals surface area (Å²) in [5.74, 6) is -1.05. The first-order valence-corrected chi connectivity index (χ1v) is 7.75. The van der Waals surface area contributed by atoms with Crippen LogP contribution in [-0.2, 0) is 9.59 Å². The summed E-state index contributed by atoms with van der Waals surface area (Å²) in [7, 11) is 0. The van der Waals surface area contributed by atoms with Gasteiger partial charge in [-0.2, -0.15) is 0 Å². The summed E-state index contributed by atoms with van der Waals surface area (Å²) in [6.07, 6.45) is 2.06. The zero-order chi connectivity index (χ0) is 17.6. The van der Waals surface area contributed by atoms with Crippen LogP contribution in [0.1, 0.15) is 27.2 Å². The number of rotatable bonds is 7. The molecule has 1 unspecified atom stereocenters. The van der Waals surface area contributed by atoms with Gasteiger partial charge in [-0.15, -0.1) is 0 Å². The Morgan fingerprint density at radius 2 is 1.87 bits per heavy atom. The number of carbonyl (C=O) groups excluding carboxylic acids is 1. The minimum atomic E-state index is -1.08. The number of carboxylic acids is 1. The van der Waals surface area contributed by atoms with E-state index < -0.39 is 17.6 Å². The van der Waals surface area contributed by atoms with Crippen LogP contribution in [0.4, 0.5) is 0 Å². The molecule has 2 N–H and O–H groups in total. The van der Waals surface area contributed by atoms with Crippen molar-refractivity contribution in [1.82, 2.24) is 5.32 Å². The van der Waals surface area contributed by atoms with Gasteiger partial charge in [-0.3, -0.25) is 4.79 Å². The number of carboxylic acid groups (broad SMARTS) is 1. The lowest BCUT2D eigenvalue weighted by Gasteiger charge is -2.26. The minimum Gasteiger partial charge on any atom is -0.481 e. The molecule has 0 radical (unpaired) electrons. The zero-order valence-corrected chi connectivity index (χ0v) is 14.6. The molecule has 1 atom stereocenters. The summed E-state index contributed by atoms with van der Waals surface area (Å²) in [6, 6.07) is 4.70. The molecule has 0 aliphatic carbocycles. The van der Waals surface area contributed by atoms with Gasteiger partial charge in [0.05, 0.1) is 5.54 Å². The van der Waals surface area contributed by atoms with Crippen LogP contribution in [0.3, 0.4) is 0 Å². The quantitative estimate of drug-likeness (QED) is 0.728. The Kier molecular flexibility index (Phi) is 6.91. The van der Waals surface area contributed by atoms with Crippen LogP contribution in [0.2, 0.25) is 10.0 Å². The van der Waals surface area contributed by atoms with Crippen molar-refractivity contribution in [2.45, 2.75) is 38.8 Å². The van der Waals surface area contributed by atoms with E-state index in [0.717, 1.165) is 6.08 Å². The predicted octanol–water partition coefficient (Wildman–Crippen LogP) is 3.69. The number of carbonyl (C=O) groups is 2. The molecular formula is C16H19Cl2NO4. The van der Waals surface area contributed by atoms with Crippen molar-refractivity contribution in [3.05, 3.63) is 40.4 Å². The summed E-state index contributed by atoms with van der Waals surface area (Å²) in [5.41, 5.74) is -0.821. The molecular weight excluding hydrogens is 341 g/mol. The highest BCUT2D eigenvalue weighted by atomic mass is 35.5. The first kappa shape index (κ1) is 19.3. The fraction of sp³-hybridized carbons (Fsp3) is 0.375. The molecule has 0 bridgehead atoms. The molecule has 0 saturated heterocycles. The lowest BCUT2D eigenvalue weighted by molar-refractivity contribution is -0.132. The van der Waals surface area contributed by atoms with E-state index in [9.17, 15) is 9.59 Å². The van der Waals surface area contributed by atoms with Gasteiger partial charge in [0.2, 0.25) is 0 Å². The molecule has 0 aliphatic rings. The van der Waals surface area contributed by atoms with Crippen molar-refractivity contribution in [1.29, 1.82) is 0 Å².